The van der Waals surface area contributed by atoms with Crippen LogP contribution in [0.1, 0.15) is 21.8 Å². The zero-order valence-electron chi connectivity index (χ0n) is 15.3. The number of hydrogen-bond donors (Lipinski definition) is 2. The minimum Gasteiger partial charge on any atom is -0.421 e. The van der Waals surface area contributed by atoms with Gasteiger partial charge in [-0.3, -0.25) is 4.79 Å². The van der Waals surface area contributed by atoms with Gasteiger partial charge in [-0.25, -0.2) is 9.67 Å². The highest BCUT2D eigenvalue weighted by molar-refractivity contribution is 6.32. The molecule has 0 aliphatic heterocycles. The molecule has 3 heterocycles. The topological polar surface area (TPSA) is 139 Å². The first kappa shape index (κ1) is 18.8. The Morgan fingerprint density at radius 1 is 1.24 bits per heavy atom. The van der Waals surface area contributed by atoms with E-state index < -0.39 is 5.91 Å². The van der Waals surface area contributed by atoms with Crippen LogP contribution in [-0.2, 0) is 6.54 Å². The van der Waals surface area contributed by atoms with Crippen LogP contribution in [0.4, 0.5) is 0 Å². The summed E-state index contributed by atoms with van der Waals surface area (Å²) in [5.41, 5.74) is 14.0. The van der Waals surface area contributed by atoms with Crippen LogP contribution in [0.15, 0.2) is 47.1 Å². The number of amides is 1. The summed E-state index contributed by atoms with van der Waals surface area (Å²) in [5, 5.41) is 12.9. The molecule has 1 aromatic carbocycles. The normalized spacial score (nSPS) is 11.0. The van der Waals surface area contributed by atoms with Crippen molar-refractivity contribution in [3.8, 4) is 28.5 Å². The summed E-state index contributed by atoms with van der Waals surface area (Å²) >= 11 is 6.24. The van der Waals surface area contributed by atoms with E-state index in [1.54, 1.807) is 31.3 Å². The lowest BCUT2D eigenvalue weighted by Gasteiger charge is -2.11. The summed E-state index contributed by atoms with van der Waals surface area (Å²) in [5.74, 6) is 0.403. The molecule has 0 atom stereocenters. The van der Waals surface area contributed by atoms with E-state index in [0.717, 1.165) is 5.56 Å². The smallest absolute Gasteiger partial charge is 0.252 e. The van der Waals surface area contributed by atoms with Crippen LogP contribution in [0.25, 0.3) is 28.5 Å². The molecule has 0 saturated carbocycles. The number of hydrogen-bond acceptors (Lipinski definition) is 7. The predicted octanol–water partition coefficient (Wildman–Crippen LogP) is 2.50. The van der Waals surface area contributed by atoms with Gasteiger partial charge in [0, 0.05) is 37.0 Å². The number of carbonyl (C=O) groups is 1. The van der Waals surface area contributed by atoms with E-state index in [2.05, 4.69) is 20.3 Å². The van der Waals surface area contributed by atoms with Crippen molar-refractivity contribution in [2.24, 2.45) is 11.5 Å². The fourth-order valence-electron chi connectivity index (χ4n) is 3.03. The van der Waals surface area contributed by atoms with Gasteiger partial charge >= 0.3 is 0 Å². The lowest BCUT2D eigenvalue weighted by atomic mass is 9.95. The highest BCUT2D eigenvalue weighted by Gasteiger charge is 2.24. The summed E-state index contributed by atoms with van der Waals surface area (Å²) in [7, 11) is 0. The molecule has 0 spiro atoms. The van der Waals surface area contributed by atoms with Crippen molar-refractivity contribution in [2.45, 2.75) is 13.5 Å². The third kappa shape index (κ3) is 3.37. The van der Waals surface area contributed by atoms with Crippen LogP contribution in [0.3, 0.4) is 0 Å². The standard InChI is InChI=1S/C19H16ClN7O2/c1-10-24-25-19(29-10)12-5-2-4-11(8-21)15(12)16-13(17(22)28)9-27(26-16)18-14(20)6-3-7-23-18/h2-7,9H,8,21H2,1H3,(H2,22,28). The van der Waals surface area contributed by atoms with Crippen LogP contribution < -0.4 is 11.5 Å². The fraction of sp³-hybridized carbons (Fsp3) is 0.105. The maximum absolute atomic E-state index is 12.2. The molecular formula is C19H16ClN7O2. The number of rotatable bonds is 5. The molecule has 4 rings (SSSR count). The van der Waals surface area contributed by atoms with Gasteiger partial charge in [0.2, 0.25) is 11.8 Å². The third-order valence-corrected chi connectivity index (χ3v) is 4.59. The van der Waals surface area contributed by atoms with Crippen LogP contribution in [-0.4, -0.2) is 30.9 Å². The van der Waals surface area contributed by atoms with Crippen molar-refractivity contribution in [1.29, 1.82) is 0 Å². The first-order valence-electron chi connectivity index (χ1n) is 8.62. The van der Waals surface area contributed by atoms with E-state index in [0.29, 0.717) is 33.6 Å². The highest BCUT2D eigenvalue weighted by atomic mass is 35.5. The number of benzene rings is 1. The van der Waals surface area contributed by atoms with Crippen molar-refractivity contribution >= 4 is 17.5 Å². The van der Waals surface area contributed by atoms with Gasteiger partial charge in [-0.05, 0) is 23.8 Å². The average molecular weight is 410 g/mol. The zero-order chi connectivity index (χ0) is 20.5. The molecule has 9 nitrogen and oxygen atoms in total. The minimum absolute atomic E-state index is 0.185. The number of pyridine rings is 1. The van der Waals surface area contributed by atoms with Gasteiger partial charge in [0.25, 0.3) is 5.91 Å². The Balaban J connectivity index is 2.00. The van der Waals surface area contributed by atoms with E-state index in [9.17, 15) is 4.79 Å². The van der Waals surface area contributed by atoms with Gasteiger partial charge < -0.3 is 15.9 Å². The third-order valence-electron chi connectivity index (χ3n) is 4.30. The Bertz CT molecular complexity index is 1220. The van der Waals surface area contributed by atoms with E-state index in [1.165, 1.54) is 10.9 Å². The molecule has 10 heteroatoms. The molecule has 146 valence electrons. The van der Waals surface area contributed by atoms with Crippen LogP contribution >= 0.6 is 11.6 Å². The number of aromatic nitrogens is 5. The molecule has 3 aromatic heterocycles. The maximum atomic E-state index is 12.2. The zero-order valence-corrected chi connectivity index (χ0v) is 16.1. The van der Waals surface area contributed by atoms with Gasteiger partial charge in [-0.15, -0.1) is 10.2 Å². The predicted molar refractivity (Wildman–Crippen MR) is 106 cm³/mol. The first-order chi connectivity index (χ1) is 14.0. The maximum Gasteiger partial charge on any atom is 0.252 e. The summed E-state index contributed by atoms with van der Waals surface area (Å²) in [6, 6.07) is 8.82. The van der Waals surface area contributed by atoms with Crippen molar-refractivity contribution in [3.05, 3.63) is 64.8 Å². The van der Waals surface area contributed by atoms with Crippen molar-refractivity contribution in [3.63, 3.8) is 0 Å². The molecule has 4 aromatic rings. The summed E-state index contributed by atoms with van der Waals surface area (Å²) in [6.45, 7) is 1.89. The molecule has 0 unspecified atom stereocenters. The molecule has 0 saturated heterocycles. The van der Waals surface area contributed by atoms with E-state index in [-0.39, 0.29) is 18.0 Å². The first-order valence-corrected chi connectivity index (χ1v) is 9.00. The van der Waals surface area contributed by atoms with E-state index >= 15 is 0 Å². The summed E-state index contributed by atoms with van der Waals surface area (Å²) in [6.07, 6.45) is 3.06. The second-order valence-corrected chi connectivity index (χ2v) is 6.59. The molecule has 0 fully saturated rings. The molecule has 0 radical (unpaired) electrons. The Kier molecular flexibility index (Phi) is 4.83. The number of halogens is 1. The molecule has 0 aliphatic rings. The lowest BCUT2D eigenvalue weighted by Crippen LogP contribution is -2.12. The quantitative estimate of drug-likeness (QED) is 0.516. The van der Waals surface area contributed by atoms with Crippen LogP contribution in [0.2, 0.25) is 5.02 Å². The van der Waals surface area contributed by atoms with Gasteiger partial charge in [0.1, 0.15) is 5.69 Å². The van der Waals surface area contributed by atoms with Crippen LogP contribution in [0, 0.1) is 6.92 Å². The Labute approximate surface area is 170 Å². The van der Waals surface area contributed by atoms with Crippen molar-refractivity contribution in [2.75, 3.05) is 0 Å². The van der Waals surface area contributed by atoms with E-state index in [1.807, 2.05) is 12.1 Å². The molecule has 1 amide bonds. The van der Waals surface area contributed by atoms with Crippen LogP contribution in [0.5, 0.6) is 0 Å². The Morgan fingerprint density at radius 2 is 2.07 bits per heavy atom. The molecular weight excluding hydrogens is 394 g/mol. The van der Waals surface area contributed by atoms with Gasteiger partial charge in [-0.2, -0.15) is 5.10 Å². The number of nitrogens with zero attached hydrogens (tertiary/aromatic N) is 5. The number of nitrogens with two attached hydrogens (primary N) is 2. The summed E-state index contributed by atoms with van der Waals surface area (Å²) < 4.78 is 7.01. The SMILES string of the molecule is Cc1nnc(-c2cccc(CN)c2-c2nn(-c3ncccc3Cl)cc2C(N)=O)o1. The summed E-state index contributed by atoms with van der Waals surface area (Å²) in [4.78, 5) is 16.4. The second-order valence-electron chi connectivity index (χ2n) is 6.18. The van der Waals surface area contributed by atoms with Gasteiger partial charge in [0.05, 0.1) is 10.6 Å². The van der Waals surface area contributed by atoms with E-state index in [4.69, 9.17) is 27.5 Å². The molecule has 29 heavy (non-hydrogen) atoms. The second kappa shape index (κ2) is 7.46. The largest absolute Gasteiger partial charge is 0.421 e. The lowest BCUT2D eigenvalue weighted by molar-refractivity contribution is 0.100. The van der Waals surface area contributed by atoms with Crippen molar-refractivity contribution < 1.29 is 9.21 Å². The van der Waals surface area contributed by atoms with Gasteiger partial charge in [0.15, 0.2) is 5.82 Å². The number of primary amides is 1. The average Bonchev–Trinajstić information content (AvgIpc) is 3.34. The fourth-order valence-corrected chi connectivity index (χ4v) is 3.23. The molecule has 0 aliphatic carbocycles. The number of aryl methyl sites for hydroxylation is 1. The Hall–Kier alpha value is -3.56. The molecule has 0 bridgehead atoms. The molecule has 4 N–H and O–H groups in total. The highest BCUT2D eigenvalue weighted by Crippen LogP contribution is 2.36. The number of carbonyl (C=O) groups excluding carboxylic acids is 1. The van der Waals surface area contributed by atoms with Gasteiger partial charge in [-0.1, -0.05) is 23.7 Å². The van der Waals surface area contributed by atoms with Crippen molar-refractivity contribution in [1.82, 2.24) is 25.0 Å². The monoisotopic (exact) mass is 409 g/mol. The Morgan fingerprint density at radius 3 is 2.72 bits per heavy atom. The minimum atomic E-state index is -0.655.